The number of piperazine rings is 1. The lowest BCUT2D eigenvalue weighted by Gasteiger charge is -2.43. The standard InChI is InChI=1S/C26H38N8OS/c1-17-14-27-9-10-33(17)21-5-3-20(4-6-21)29-25-24-18(2)32-36-26(24)31-23(30-25)13-19-15-28-34(16-19)22-7-11-35-12-8-22/h15-17,20-22,27H,3-14H2,1-2H3,(H,29,30,31). The van der Waals surface area contributed by atoms with Gasteiger partial charge in [0.25, 0.3) is 0 Å². The van der Waals surface area contributed by atoms with Crippen molar-refractivity contribution in [2.75, 3.05) is 38.2 Å². The quantitative estimate of drug-likeness (QED) is 0.520. The molecule has 3 aliphatic rings. The van der Waals surface area contributed by atoms with Gasteiger partial charge in [0.15, 0.2) is 0 Å². The molecule has 9 nitrogen and oxygen atoms in total. The molecule has 2 saturated heterocycles. The third-order valence-electron chi connectivity index (χ3n) is 8.19. The minimum absolute atomic E-state index is 0.427. The number of ether oxygens (including phenoxy) is 1. The topological polar surface area (TPSA) is 93.0 Å². The first-order valence-corrected chi connectivity index (χ1v) is 14.4. The van der Waals surface area contributed by atoms with Crippen LogP contribution < -0.4 is 10.6 Å². The lowest BCUT2D eigenvalue weighted by Crippen LogP contribution is -2.55. The Kier molecular flexibility index (Phi) is 7.19. The molecule has 194 valence electrons. The lowest BCUT2D eigenvalue weighted by atomic mass is 9.89. The predicted octanol–water partition coefficient (Wildman–Crippen LogP) is 3.55. The smallest absolute Gasteiger partial charge is 0.149 e. The summed E-state index contributed by atoms with van der Waals surface area (Å²) in [4.78, 5) is 13.6. The van der Waals surface area contributed by atoms with E-state index in [2.05, 4.69) is 49.7 Å². The van der Waals surface area contributed by atoms with Gasteiger partial charge in [-0.3, -0.25) is 9.58 Å². The Morgan fingerprint density at radius 3 is 2.75 bits per heavy atom. The third-order valence-corrected chi connectivity index (χ3v) is 9.03. The molecule has 2 N–H and O–H groups in total. The summed E-state index contributed by atoms with van der Waals surface area (Å²) in [5.74, 6) is 1.79. The zero-order valence-corrected chi connectivity index (χ0v) is 22.3. The number of fused-ring (bicyclic) bond motifs is 1. The van der Waals surface area contributed by atoms with E-state index in [0.29, 0.717) is 30.6 Å². The number of hydrogen-bond acceptors (Lipinski definition) is 9. The summed E-state index contributed by atoms with van der Waals surface area (Å²) < 4.78 is 12.2. The Morgan fingerprint density at radius 1 is 1.11 bits per heavy atom. The molecular formula is C26H38N8OS. The summed E-state index contributed by atoms with van der Waals surface area (Å²) in [7, 11) is 0. The molecular weight excluding hydrogens is 472 g/mol. The van der Waals surface area contributed by atoms with Crippen LogP contribution in [0.5, 0.6) is 0 Å². The van der Waals surface area contributed by atoms with Gasteiger partial charge >= 0.3 is 0 Å². The third kappa shape index (κ3) is 5.14. The maximum Gasteiger partial charge on any atom is 0.149 e. The van der Waals surface area contributed by atoms with Crippen LogP contribution in [0.4, 0.5) is 5.82 Å². The van der Waals surface area contributed by atoms with Gasteiger partial charge in [0.2, 0.25) is 0 Å². The molecule has 3 aromatic rings. The van der Waals surface area contributed by atoms with E-state index in [0.717, 1.165) is 72.3 Å². The van der Waals surface area contributed by atoms with Crippen molar-refractivity contribution in [2.24, 2.45) is 0 Å². The summed E-state index contributed by atoms with van der Waals surface area (Å²) >= 11 is 1.47. The second kappa shape index (κ2) is 10.7. The van der Waals surface area contributed by atoms with E-state index in [-0.39, 0.29) is 0 Å². The zero-order valence-electron chi connectivity index (χ0n) is 21.4. The number of rotatable bonds is 6. The normalized spacial score (nSPS) is 26.4. The van der Waals surface area contributed by atoms with E-state index in [1.54, 1.807) is 0 Å². The molecule has 36 heavy (non-hydrogen) atoms. The van der Waals surface area contributed by atoms with Crippen LogP contribution in [-0.2, 0) is 11.2 Å². The number of hydrogen-bond donors (Lipinski definition) is 2. The van der Waals surface area contributed by atoms with Gasteiger partial charge in [0, 0.05) is 63.6 Å². The Hall–Kier alpha value is -2.14. The molecule has 5 heterocycles. The summed E-state index contributed by atoms with van der Waals surface area (Å²) in [6.07, 6.45) is 11.7. The molecule has 0 radical (unpaired) electrons. The van der Waals surface area contributed by atoms with Gasteiger partial charge in [-0.2, -0.15) is 9.47 Å². The zero-order chi connectivity index (χ0) is 24.5. The molecule has 0 aromatic carbocycles. The van der Waals surface area contributed by atoms with Crippen molar-refractivity contribution in [1.29, 1.82) is 0 Å². The fourth-order valence-electron chi connectivity index (χ4n) is 6.16. The SMILES string of the molecule is Cc1nsc2nc(Cc3cnn(C4CCOCC4)c3)nc(NC3CCC(N4CCNCC4C)CC3)c12. The van der Waals surface area contributed by atoms with Crippen molar-refractivity contribution in [2.45, 2.75) is 83.0 Å². The average molecular weight is 511 g/mol. The number of aromatic nitrogens is 5. The van der Waals surface area contributed by atoms with E-state index >= 15 is 0 Å². The van der Waals surface area contributed by atoms with Crippen LogP contribution in [0.25, 0.3) is 10.2 Å². The highest BCUT2D eigenvalue weighted by Crippen LogP contribution is 2.32. The molecule has 1 saturated carbocycles. The van der Waals surface area contributed by atoms with Crippen LogP contribution in [0.1, 0.15) is 68.6 Å². The van der Waals surface area contributed by atoms with Gasteiger partial charge in [-0.15, -0.1) is 0 Å². The van der Waals surface area contributed by atoms with Crippen LogP contribution in [0, 0.1) is 6.92 Å². The van der Waals surface area contributed by atoms with Gasteiger partial charge < -0.3 is 15.4 Å². The summed E-state index contributed by atoms with van der Waals surface area (Å²) in [5, 5.41) is 13.1. The van der Waals surface area contributed by atoms with Crippen molar-refractivity contribution >= 4 is 27.6 Å². The first-order chi connectivity index (χ1) is 17.6. The van der Waals surface area contributed by atoms with Crippen molar-refractivity contribution in [1.82, 2.24) is 34.3 Å². The van der Waals surface area contributed by atoms with Gasteiger partial charge in [0.1, 0.15) is 16.5 Å². The molecule has 0 spiro atoms. The average Bonchev–Trinajstić information content (AvgIpc) is 3.52. The van der Waals surface area contributed by atoms with Crippen LogP contribution in [0.3, 0.4) is 0 Å². The van der Waals surface area contributed by atoms with Crippen LogP contribution >= 0.6 is 11.5 Å². The van der Waals surface area contributed by atoms with Crippen molar-refractivity contribution in [3.05, 3.63) is 29.5 Å². The highest BCUT2D eigenvalue weighted by molar-refractivity contribution is 7.13. The molecule has 6 rings (SSSR count). The molecule has 10 heteroatoms. The van der Waals surface area contributed by atoms with Crippen molar-refractivity contribution in [3.8, 4) is 0 Å². The van der Waals surface area contributed by atoms with Crippen LogP contribution in [0.15, 0.2) is 12.4 Å². The van der Waals surface area contributed by atoms with E-state index in [9.17, 15) is 0 Å². The van der Waals surface area contributed by atoms with E-state index in [1.807, 2.05) is 6.20 Å². The van der Waals surface area contributed by atoms with E-state index < -0.39 is 0 Å². The fourth-order valence-corrected chi connectivity index (χ4v) is 6.96. The number of nitrogens with zero attached hydrogens (tertiary/aromatic N) is 6. The minimum atomic E-state index is 0.427. The maximum absolute atomic E-state index is 5.51. The Morgan fingerprint density at radius 2 is 1.94 bits per heavy atom. The highest BCUT2D eigenvalue weighted by Gasteiger charge is 2.30. The van der Waals surface area contributed by atoms with Gasteiger partial charge in [0.05, 0.1) is 23.3 Å². The molecule has 0 bridgehead atoms. The maximum atomic E-state index is 5.51. The predicted molar refractivity (Wildman–Crippen MR) is 143 cm³/mol. The molecule has 1 aliphatic carbocycles. The summed E-state index contributed by atoms with van der Waals surface area (Å²) in [5.41, 5.74) is 2.17. The van der Waals surface area contributed by atoms with Gasteiger partial charge in [-0.1, -0.05) is 0 Å². The van der Waals surface area contributed by atoms with E-state index in [4.69, 9.17) is 14.7 Å². The number of nitrogens with one attached hydrogen (secondary N) is 2. The van der Waals surface area contributed by atoms with Crippen molar-refractivity contribution in [3.63, 3.8) is 0 Å². The largest absolute Gasteiger partial charge is 0.381 e. The molecule has 1 unspecified atom stereocenters. The first-order valence-electron chi connectivity index (χ1n) is 13.6. The molecule has 0 amide bonds. The molecule has 2 aliphatic heterocycles. The monoisotopic (exact) mass is 510 g/mol. The number of anilines is 1. The first kappa shape index (κ1) is 24.2. The van der Waals surface area contributed by atoms with Gasteiger partial charge in [-0.25, -0.2) is 9.97 Å². The molecule has 3 aromatic heterocycles. The van der Waals surface area contributed by atoms with Gasteiger partial charge in [-0.05, 0) is 69.5 Å². The van der Waals surface area contributed by atoms with Crippen LogP contribution in [0.2, 0.25) is 0 Å². The second-order valence-corrected chi connectivity index (χ2v) is 11.5. The molecule has 3 fully saturated rings. The van der Waals surface area contributed by atoms with Crippen molar-refractivity contribution < 1.29 is 4.74 Å². The fraction of sp³-hybridized carbons (Fsp3) is 0.692. The lowest BCUT2D eigenvalue weighted by molar-refractivity contribution is 0.0662. The highest BCUT2D eigenvalue weighted by atomic mass is 32.1. The van der Waals surface area contributed by atoms with E-state index in [1.165, 1.54) is 43.8 Å². The minimum Gasteiger partial charge on any atom is -0.381 e. The molecule has 1 atom stereocenters. The Balaban J connectivity index is 1.15. The summed E-state index contributed by atoms with van der Waals surface area (Å²) in [6.45, 7) is 9.44. The summed E-state index contributed by atoms with van der Waals surface area (Å²) in [6, 6.07) is 2.21. The number of aryl methyl sites for hydroxylation is 1. The van der Waals surface area contributed by atoms with Crippen LogP contribution in [-0.4, -0.2) is 80.0 Å². The second-order valence-electron chi connectivity index (χ2n) is 10.7. The Bertz CT molecular complexity index is 1160. The Labute approximate surface area is 217 Å².